The van der Waals surface area contributed by atoms with Gasteiger partial charge in [-0.1, -0.05) is 0 Å². The standard InChI is InChI=1S/C15H21N5O5S/c16-12(22)8-26-4-3-14(24)19-7-11(21)6-18-13(23)2-1-10-5-17-9-20-15(10)25/h1-2,5,9,11,21H,3-4,6-8H2,(H2,16,22)(H,18,23)(H,19,24)(H,17,20,25)/b2-1+. The number of thioether (sulfide) groups is 1. The Kier molecular flexibility index (Phi) is 9.72. The molecule has 1 heterocycles. The molecule has 10 nitrogen and oxygen atoms in total. The van der Waals surface area contributed by atoms with E-state index in [9.17, 15) is 24.3 Å². The Bertz CT molecular complexity index is 706. The van der Waals surface area contributed by atoms with E-state index < -0.39 is 17.9 Å². The summed E-state index contributed by atoms with van der Waals surface area (Å²) in [5.41, 5.74) is 4.83. The maximum atomic E-state index is 11.6. The third-order valence-electron chi connectivity index (χ3n) is 2.92. The van der Waals surface area contributed by atoms with Gasteiger partial charge >= 0.3 is 0 Å². The largest absolute Gasteiger partial charge is 0.389 e. The van der Waals surface area contributed by atoms with Crippen molar-refractivity contribution in [2.75, 3.05) is 24.6 Å². The van der Waals surface area contributed by atoms with E-state index in [0.29, 0.717) is 5.75 Å². The summed E-state index contributed by atoms with van der Waals surface area (Å²) in [4.78, 5) is 51.2. The minimum atomic E-state index is -0.962. The van der Waals surface area contributed by atoms with Gasteiger partial charge in [-0.15, -0.1) is 0 Å². The molecule has 0 fully saturated rings. The van der Waals surface area contributed by atoms with Crippen LogP contribution < -0.4 is 21.9 Å². The molecule has 142 valence electrons. The molecule has 0 saturated heterocycles. The van der Waals surface area contributed by atoms with E-state index in [1.165, 1.54) is 30.4 Å². The van der Waals surface area contributed by atoms with Crippen LogP contribution in [0, 0.1) is 0 Å². The van der Waals surface area contributed by atoms with Crippen LogP contribution in [0.4, 0.5) is 0 Å². The van der Waals surface area contributed by atoms with Crippen LogP contribution in [-0.2, 0) is 14.4 Å². The molecule has 3 amide bonds. The molecular formula is C15H21N5O5S. The van der Waals surface area contributed by atoms with Gasteiger partial charge in [-0.3, -0.25) is 19.2 Å². The molecule has 0 bridgehead atoms. The van der Waals surface area contributed by atoms with Gasteiger partial charge in [0.25, 0.3) is 5.56 Å². The van der Waals surface area contributed by atoms with E-state index in [4.69, 9.17) is 5.73 Å². The maximum absolute atomic E-state index is 11.6. The number of nitrogens with zero attached hydrogens (tertiary/aromatic N) is 1. The van der Waals surface area contributed by atoms with E-state index in [1.54, 1.807) is 0 Å². The highest BCUT2D eigenvalue weighted by molar-refractivity contribution is 7.99. The number of H-pyrrole nitrogens is 1. The van der Waals surface area contributed by atoms with Crippen molar-refractivity contribution in [2.45, 2.75) is 12.5 Å². The second kappa shape index (κ2) is 11.8. The number of aromatic amines is 1. The molecule has 6 N–H and O–H groups in total. The predicted molar refractivity (Wildman–Crippen MR) is 97.1 cm³/mol. The van der Waals surface area contributed by atoms with Crippen molar-refractivity contribution in [3.63, 3.8) is 0 Å². The first-order valence-electron chi connectivity index (χ1n) is 7.68. The smallest absolute Gasteiger partial charge is 0.257 e. The number of amides is 3. The van der Waals surface area contributed by atoms with E-state index in [2.05, 4.69) is 20.6 Å². The topological polar surface area (TPSA) is 167 Å². The molecule has 26 heavy (non-hydrogen) atoms. The first kappa shape index (κ1) is 21.4. The summed E-state index contributed by atoms with van der Waals surface area (Å²) in [6.07, 6.45) is 4.23. The molecule has 0 saturated carbocycles. The van der Waals surface area contributed by atoms with Crippen LogP contribution in [0.5, 0.6) is 0 Å². The number of carbonyl (C=O) groups is 3. The van der Waals surface area contributed by atoms with Crippen molar-refractivity contribution in [1.82, 2.24) is 20.6 Å². The summed E-state index contributed by atoms with van der Waals surface area (Å²) in [5, 5.41) is 14.7. The summed E-state index contributed by atoms with van der Waals surface area (Å²) in [5.74, 6) is -0.617. The zero-order chi connectivity index (χ0) is 19.4. The molecular weight excluding hydrogens is 362 g/mol. The predicted octanol–water partition coefficient (Wildman–Crippen LogP) is -2.01. The second-order valence-corrected chi connectivity index (χ2v) is 6.25. The van der Waals surface area contributed by atoms with Crippen LogP contribution in [-0.4, -0.2) is 63.5 Å². The molecule has 1 rings (SSSR count). The molecule has 1 atom stereocenters. The van der Waals surface area contributed by atoms with Crippen molar-refractivity contribution in [3.05, 3.63) is 34.5 Å². The van der Waals surface area contributed by atoms with Gasteiger partial charge in [0.2, 0.25) is 17.7 Å². The number of carbonyl (C=O) groups excluding carboxylic acids is 3. The van der Waals surface area contributed by atoms with Crippen LogP contribution >= 0.6 is 11.8 Å². The third-order valence-corrected chi connectivity index (χ3v) is 3.91. The van der Waals surface area contributed by atoms with Crippen molar-refractivity contribution in [3.8, 4) is 0 Å². The highest BCUT2D eigenvalue weighted by atomic mass is 32.2. The first-order valence-corrected chi connectivity index (χ1v) is 8.83. The van der Waals surface area contributed by atoms with Crippen molar-refractivity contribution >= 4 is 35.6 Å². The van der Waals surface area contributed by atoms with Crippen LogP contribution in [0.1, 0.15) is 12.0 Å². The Morgan fingerprint density at radius 2 is 2.08 bits per heavy atom. The molecule has 0 aliphatic carbocycles. The highest BCUT2D eigenvalue weighted by Crippen LogP contribution is 2.00. The molecule has 0 aromatic carbocycles. The zero-order valence-electron chi connectivity index (χ0n) is 13.9. The summed E-state index contributed by atoms with van der Waals surface area (Å²) in [6, 6.07) is 0. The molecule has 0 aliphatic rings. The Hall–Kier alpha value is -2.66. The molecule has 1 unspecified atom stereocenters. The van der Waals surface area contributed by atoms with E-state index >= 15 is 0 Å². The number of aromatic nitrogens is 2. The Morgan fingerprint density at radius 1 is 1.35 bits per heavy atom. The lowest BCUT2D eigenvalue weighted by atomic mass is 10.3. The number of hydrogen-bond donors (Lipinski definition) is 5. The SMILES string of the molecule is NC(=O)CSCCC(=O)NCC(O)CNC(=O)/C=C/c1cnc[nH]c1=O. The number of nitrogens with one attached hydrogen (secondary N) is 3. The average Bonchev–Trinajstić information content (AvgIpc) is 2.61. The molecule has 0 spiro atoms. The average molecular weight is 383 g/mol. The number of aliphatic hydroxyl groups excluding tert-OH is 1. The maximum Gasteiger partial charge on any atom is 0.257 e. The van der Waals surface area contributed by atoms with Crippen molar-refractivity contribution in [2.24, 2.45) is 5.73 Å². The third kappa shape index (κ3) is 9.59. The van der Waals surface area contributed by atoms with Crippen molar-refractivity contribution in [1.29, 1.82) is 0 Å². The highest BCUT2D eigenvalue weighted by Gasteiger charge is 2.08. The lowest BCUT2D eigenvalue weighted by molar-refractivity contribution is -0.121. The molecule has 0 radical (unpaired) electrons. The molecule has 1 aromatic rings. The van der Waals surface area contributed by atoms with Crippen LogP contribution in [0.15, 0.2) is 23.4 Å². The van der Waals surface area contributed by atoms with Gasteiger partial charge < -0.3 is 26.5 Å². The lowest BCUT2D eigenvalue weighted by Crippen LogP contribution is -2.39. The number of rotatable bonds is 11. The zero-order valence-corrected chi connectivity index (χ0v) is 14.8. The van der Waals surface area contributed by atoms with Crippen LogP contribution in [0.25, 0.3) is 6.08 Å². The fourth-order valence-electron chi connectivity index (χ4n) is 1.65. The number of nitrogens with two attached hydrogens (primary N) is 1. The van der Waals surface area contributed by atoms with Crippen LogP contribution in [0.3, 0.4) is 0 Å². The summed E-state index contributed by atoms with van der Waals surface area (Å²) in [6.45, 7) is -0.0884. The Morgan fingerprint density at radius 3 is 2.77 bits per heavy atom. The van der Waals surface area contributed by atoms with Gasteiger partial charge in [-0.25, -0.2) is 4.98 Å². The van der Waals surface area contributed by atoms with E-state index in [0.717, 1.165) is 6.08 Å². The molecule has 0 aliphatic heterocycles. The number of primary amides is 1. The van der Waals surface area contributed by atoms with Gasteiger partial charge in [-0.05, 0) is 6.08 Å². The summed E-state index contributed by atoms with van der Waals surface area (Å²) < 4.78 is 0. The normalized spacial score (nSPS) is 11.9. The lowest BCUT2D eigenvalue weighted by Gasteiger charge is -2.12. The molecule has 11 heteroatoms. The van der Waals surface area contributed by atoms with Crippen molar-refractivity contribution < 1.29 is 19.5 Å². The minimum Gasteiger partial charge on any atom is -0.389 e. The van der Waals surface area contributed by atoms with Gasteiger partial charge in [0, 0.05) is 37.5 Å². The van der Waals surface area contributed by atoms with Crippen LogP contribution in [0.2, 0.25) is 0 Å². The molecule has 1 aromatic heterocycles. The fraction of sp³-hybridized carbons (Fsp3) is 0.400. The Labute approximate surface area is 153 Å². The van der Waals surface area contributed by atoms with Gasteiger partial charge in [0.05, 0.1) is 23.7 Å². The summed E-state index contributed by atoms with van der Waals surface area (Å²) >= 11 is 1.25. The van der Waals surface area contributed by atoms with Gasteiger partial charge in [0.15, 0.2) is 0 Å². The first-order chi connectivity index (χ1) is 12.4. The monoisotopic (exact) mass is 383 g/mol. The van der Waals surface area contributed by atoms with E-state index in [1.807, 2.05) is 0 Å². The number of aliphatic hydroxyl groups is 1. The minimum absolute atomic E-state index is 0.0222. The Balaban J connectivity index is 2.21. The fourth-order valence-corrected chi connectivity index (χ4v) is 2.32. The van der Waals surface area contributed by atoms with Gasteiger partial charge in [0.1, 0.15) is 0 Å². The number of hydrogen-bond acceptors (Lipinski definition) is 7. The quantitative estimate of drug-likeness (QED) is 0.217. The second-order valence-electron chi connectivity index (χ2n) is 5.14. The van der Waals surface area contributed by atoms with E-state index in [-0.39, 0.29) is 42.3 Å². The van der Waals surface area contributed by atoms with Gasteiger partial charge in [-0.2, -0.15) is 11.8 Å². The summed E-state index contributed by atoms with van der Waals surface area (Å²) in [7, 11) is 0.